The molecule has 0 aromatic heterocycles. The molecule has 0 spiro atoms. The molecule has 1 aromatic carbocycles. The lowest BCUT2D eigenvalue weighted by molar-refractivity contribution is -0.156. The smallest absolute Gasteiger partial charge is 0.229 e. The number of hydrogen-bond acceptors (Lipinski definition) is 3. The average molecular weight is 468 g/mol. The molecule has 0 bridgehead atoms. The van der Waals surface area contributed by atoms with Crippen LogP contribution in [0.5, 0.6) is 0 Å². The Balaban J connectivity index is 2.50. The Bertz CT molecular complexity index is 805. The second-order valence-electron chi connectivity index (χ2n) is 10.1. The Hall–Kier alpha value is -1.20. The van der Waals surface area contributed by atoms with E-state index in [1.54, 1.807) is 0 Å². The van der Waals surface area contributed by atoms with Gasteiger partial charge in [0.25, 0.3) is 0 Å². The molecular formula is C25H38ClNO3S. The Morgan fingerprint density at radius 3 is 2.23 bits per heavy atom. The zero-order chi connectivity index (χ0) is 23.5. The maximum Gasteiger partial charge on any atom is 0.229 e. The van der Waals surface area contributed by atoms with E-state index < -0.39 is 16.2 Å². The van der Waals surface area contributed by atoms with E-state index in [9.17, 15) is 13.8 Å². The van der Waals surface area contributed by atoms with Crippen molar-refractivity contribution < 1.29 is 13.8 Å². The van der Waals surface area contributed by atoms with Gasteiger partial charge in [-0.1, -0.05) is 72.2 Å². The van der Waals surface area contributed by atoms with Gasteiger partial charge in [-0.25, -0.2) is 0 Å². The van der Waals surface area contributed by atoms with Gasteiger partial charge in [0.1, 0.15) is 5.78 Å². The Morgan fingerprint density at radius 1 is 1.16 bits per heavy atom. The highest BCUT2D eigenvalue weighted by molar-refractivity contribution is 7.85. The lowest BCUT2D eigenvalue weighted by Crippen LogP contribution is -2.56. The van der Waals surface area contributed by atoms with Crippen LogP contribution in [0.15, 0.2) is 24.3 Å². The van der Waals surface area contributed by atoms with Crippen LogP contribution in [0.4, 0.5) is 0 Å². The van der Waals surface area contributed by atoms with Gasteiger partial charge in [-0.3, -0.25) is 13.8 Å². The molecule has 174 valence electrons. The number of halogens is 1. The summed E-state index contributed by atoms with van der Waals surface area (Å²) in [7, 11) is -1.04. The Morgan fingerprint density at radius 2 is 1.74 bits per heavy atom. The van der Waals surface area contributed by atoms with Gasteiger partial charge in [-0.2, -0.15) is 0 Å². The van der Waals surface area contributed by atoms with E-state index in [2.05, 4.69) is 13.8 Å². The summed E-state index contributed by atoms with van der Waals surface area (Å²) in [6.07, 6.45) is 1.68. The van der Waals surface area contributed by atoms with E-state index in [0.717, 1.165) is 12.0 Å². The van der Waals surface area contributed by atoms with Gasteiger partial charge in [0.2, 0.25) is 5.91 Å². The van der Waals surface area contributed by atoms with Crippen molar-refractivity contribution in [1.29, 1.82) is 0 Å². The zero-order valence-electron chi connectivity index (χ0n) is 20.0. The first-order chi connectivity index (χ1) is 14.4. The third kappa shape index (κ3) is 6.19. The molecule has 0 aliphatic carbocycles. The van der Waals surface area contributed by atoms with Crippen molar-refractivity contribution in [3.63, 3.8) is 0 Å². The topological polar surface area (TPSA) is 54.5 Å². The third-order valence-corrected chi connectivity index (χ3v) is 8.48. The van der Waals surface area contributed by atoms with Crippen LogP contribution >= 0.6 is 11.6 Å². The van der Waals surface area contributed by atoms with Crippen molar-refractivity contribution >= 4 is 34.1 Å². The summed E-state index contributed by atoms with van der Waals surface area (Å²) >= 11 is 6.11. The minimum atomic E-state index is -1.04. The molecule has 31 heavy (non-hydrogen) atoms. The minimum absolute atomic E-state index is 0.00663. The lowest BCUT2D eigenvalue weighted by atomic mass is 9.72. The molecule has 1 saturated heterocycles. The average Bonchev–Trinajstić information content (AvgIpc) is 2.68. The molecule has 1 aliphatic rings. The number of rotatable bonds is 9. The van der Waals surface area contributed by atoms with E-state index in [0.29, 0.717) is 17.2 Å². The van der Waals surface area contributed by atoms with Crippen LogP contribution in [-0.2, 0) is 20.4 Å². The standard InChI is InChI=1S/C25H38ClNO3S/c1-16(2)22(15-31(30)18(5)6)27-21(19-8-10-20(26)11-9-19)12-13-25(7,24(27)29)14-23(28)17(3)4/h8-11,16-18,21-22H,12-15H2,1-7H3/t21?,22?,25-,31?/m1/s1. The molecule has 1 aliphatic heterocycles. The summed E-state index contributed by atoms with van der Waals surface area (Å²) in [6.45, 7) is 13.8. The number of hydrogen-bond donors (Lipinski definition) is 0. The maximum atomic E-state index is 14.0. The van der Waals surface area contributed by atoms with Crippen molar-refractivity contribution in [2.75, 3.05) is 5.75 Å². The van der Waals surface area contributed by atoms with Crippen LogP contribution in [0.2, 0.25) is 5.02 Å². The number of carbonyl (C=O) groups is 2. The van der Waals surface area contributed by atoms with Crippen LogP contribution in [0.25, 0.3) is 0 Å². The van der Waals surface area contributed by atoms with E-state index >= 15 is 0 Å². The summed E-state index contributed by atoms with van der Waals surface area (Å²) in [6, 6.07) is 7.39. The van der Waals surface area contributed by atoms with Gasteiger partial charge >= 0.3 is 0 Å². The summed E-state index contributed by atoms with van der Waals surface area (Å²) in [5.74, 6) is 0.616. The van der Waals surface area contributed by atoms with Crippen molar-refractivity contribution in [1.82, 2.24) is 4.90 Å². The number of carbonyl (C=O) groups excluding carboxylic acids is 2. The molecule has 0 N–H and O–H groups in total. The normalized spacial score (nSPS) is 24.2. The quantitative estimate of drug-likeness (QED) is 0.460. The van der Waals surface area contributed by atoms with Gasteiger partial charge in [0, 0.05) is 45.2 Å². The molecule has 0 saturated carbocycles. The highest BCUT2D eigenvalue weighted by atomic mass is 35.5. The number of likely N-dealkylation sites (tertiary alicyclic amines) is 1. The lowest BCUT2D eigenvalue weighted by Gasteiger charge is -2.49. The molecule has 2 rings (SSSR count). The van der Waals surface area contributed by atoms with Gasteiger partial charge in [-0.05, 0) is 36.5 Å². The first kappa shape index (κ1) is 26.1. The second kappa shape index (κ2) is 10.6. The number of benzene rings is 1. The van der Waals surface area contributed by atoms with Gasteiger partial charge in [0.15, 0.2) is 0 Å². The van der Waals surface area contributed by atoms with E-state index in [1.165, 1.54) is 0 Å². The molecule has 0 radical (unpaired) electrons. The molecular weight excluding hydrogens is 430 g/mol. The van der Waals surface area contributed by atoms with Crippen molar-refractivity contribution in [3.05, 3.63) is 34.9 Å². The molecule has 1 amide bonds. The summed E-state index contributed by atoms with van der Waals surface area (Å²) in [5.41, 5.74) is 0.312. The van der Waals surface area contributed by atoms with Gasteiger partial charge in [-0.15, -0.1) is 0 Å². The monoisotopic (exact) mass is 467 g/mol. The minimum Gasteiger partial charge on any atom is -0.331 e. The SMILES string of the molecule is CC(C)C(=O)C[C@@]1(C)CCC(c2ccc(Cl)cc2)N(C(CS(=O)C(C)C)C(C)C)C1=O. The van der Waals surface area contributed by atoms with Crippen LogP contribution in [0, 0.1) is 17.3 Å². The van der Waals surface area contributed by atoms with E-state index in [-0.39, 0.29) is 47.3 Å². The summed E-state index contributed by atoms with van der Waals surface area (Å²) < 4.78 is 12.8. The number of ketones is 1. The fourth-order valence-corrected chi connectivity index (χ4v) is 5.65. The Kier molecular flexibility index (Phi) is 8.92. The first-order valence-electron chi connectivity index (χ1n) is 11.4. The van der Waals surface area contributed by atoms with Gasteiger partial charge < -0.3 is 4.90 Å². The largest absolute Gasteiger partial charge is 0.331 e. The molecule has 3 unspecified atom stereocenters. The second-order valence-corrected chi connectivity index (χ2v) is 12.6. The highest BCUT2D eigenvalue weighted by Crippen LogP contribution is 2.45. The Labute approximate surface area is 195 Å². The van der Waals surface area contributed by atoms with Crippen LogP contribution < -0.4 is 0 Å². The van der Waals surface area contributed by atoms with Crippen LogP contribution in [0.3, 0.4) is 0 Å². The fourth-order valence-electron chi connectivity index (χ4n) is 4.26. The third-order valence-electron chi connectivity index (χ3n) is 6.51. The van der Waals surface area contributed by atoms with E-state index in [1.807, 2.05) is 63.8 Å². The molecule has 6 heteroatoms. The van der Waals surface area contributed by atoms with Crippen molar-refractivity contribution in [2.45, 2.75) is 85.1 Å². The first-order valence-corrected chi connectivity index (χ1v) is 13.1. The number of piperidine rings is 1. The number of nitrogens with zero attached hydrogens (tertiary/aromatic N) is 1. The fraction of sp³-hybridized carbons (Fsp3) is 0.680. The molecule has 1 aromatic rings. The predicted molar refractivity (Wildman–Crippen MR) is 130 cm³/mol. The van der Waals surface area contributed by atoms with Crippen molar-refractivity contribution in [3.8, 4) is 0 Å². The van der Waals surface area contributed by atoms with Crippen molar-refractivity contribution in [2.24, 2.45) is 17.3 Å². The molecule has 4 atom stereocenters. The number of Topliss-reactive ketones (excluding diaryl/α,β-unsaturated/α-hetero) is 1. The van der Waals surface area contributed by atoms with Crippen LogP contribution in [0.1, 0.15) is 79.3 Å². The maximum absolute atomic E-state index is 14.0. The molecule has 4 nitrogen and oxygen atoms in total. The zero-order valence-corrected chi connectivity index (χ0v) is 21.6. The van der Waals surface area contributed by atoms with Crippen LogP contribution in [-0.4, -0.2) is 37.8 Å². The predicted octanol–water partition coefficient (Wildman–Crippen LogP) is 5.81. The molecule has 1 heterocycles. The number of amides is 1. The van der Waals surface area contributed by atoms with Gasteiger partial charge in [0.05, 0.1) is 11.5 Å². The molecule has 1 fully saturated rings. The van der Waals surface area contributed by atoms with E-state index in [4.69, 9.17) is 11.6 Å². The highest BCUT2D eigenvalue weighted by Gasteiger charge is 2.48. The summed E-state index contributed by atoms with van der Waals surface area (Å²) in [4.78, 5) is 28.6. The summed E-state index contributed by atoms with van der Waals surface area (Å²) in [5, 5.41) is 0.690.